The fourth-order valence-electron chi connectivity index (χ4n) is 6.44. The maximum absolute atomic E-state index is 13.4. The lowest BCUT2D eigenvalue weighted by atomic mass is 9.61. The van der Waals surface area contributed by atoms with Gasteiger partial charge in [-0.3, -0.25) is 0 Å². The summed E-state index contributed by atoms with van der Waals surface area (Å²) in [4.78, 5) is 22.0. The Morgan fingerprint density at radius 1 is 1.05 bits per heavy atom. The van der Waals surface area contributed by atoms with Crippen molar-refractivity contribution in [2.24, 2.45) is 18.4 Å². The van der Waals surface area contributed by atoms with Crippen LogP contribution >= 0.6 is 0 Å². The number of nitrogens with two attached hydrogens (primary N) is 1. The van der Waals surface area contributed by atoms with Crippen LogP contribution in [0.2, 0.25) is 0 Å². The molecule has 3 N–H and O–H groups in total. The highest BCUT2D eigenvalue weighted by molar-refractivity contribution is 5.72. The highest BCUT2D eigenvalue weighted by Gasteiger charge is 2.61. The first-order chi connectivity index (χ1) is 20.6. The first-order valence-corrected chi connectivity index (χ1v) is 14.5. The van der Waals surface area contributed by atoms with E-state index in [2.05, 4.69) is 37.3 Å². The van der Waals surface area contributed by atoms with E-state index in [1.165, 1.54) is 0 Å². The maximum atomic E-state index is 13.4. The Balaban J connectivity index is 1.08. The van der Waals surface area contributed by atoms with Crippen molar-refractivity contribution in [3.05, 3.63) is 48.8 Å². The average molecular weight is 589 g/mol. The number of nitrogens with one attached hydrogen (secondary N) is 1. The van der Waals surface area contributed by atoms with Crippen LogP contribution in [0.5, 0.6) is 5.75 Å². The fourth-order valence-corrected chi connectivity index (χ4v) is 6.44. The van der Waals surface area contributed by atoms with Gasteiger partial charge in [0.25, 0.3) is 0 Å². The second-order valence-electron chi connectivity index (χ2n) is 12.2. The molecule has 2 saturated heterocycles. The molecule has 13 heteroatoms. The summed E-state index contributed by atoms with van der Waals surface area (Å²) in [7, 11) is 3.95. The van der Waals surface area contributed by atoms with Crippen LogP contribution in [0.3, 0.4) is 0 Å². The lowest BCUT2D eigenvalue weighted by Gasteiger charge is -2.59. The summed E-state index contributed by atoms with van der Waals surface area (Å²) in [6.07, 6.45) is 4.41. The summed E-state index contributed by atoms with van der Waals surface area (Å²) < 4.78 is 34.8. The highest BCUT2D eigenvalue weighted by Crippen LogP contribution is 2.57. The van der Waals surface area contributed by atoms with Gasteiger partial charge >= 0.3 is 0 Å². The number of rotatable bonds is 8. The Morgan fingerprint density at radius 2 is 1.86 bits per heavy atom. The van der Waals surface area contributed by atoms with Gasteiger partial charge < -0.3 is 25.6 Å². The van der Waals surface area contributed by atoms with Crippen LogP contribution in [0.4, 0.5) is 32.2 Å². The summed E-state index contributed by atoms with van der Waals surface area (Å²) in [6.45, 7) is 3.90. The molecule has 7 rings (SSSR count). The lowest BCUT2D eigenvalue weighted by molar-refractivity contribution is -0.170. The van der Waals surface area contributed by atoms with Crippen LogP contribution in [0, 0.1) is 11.3 Å². The number of halogens is 2. The van der Waals surface area contributed by atoms with Crippen LogP contribution in [-0.4, -0.2) is 80.4 Å². The molecule has 3 fully saturated rings. The summed E-state index contributed by atoms with van der Waals surface area (Å²) in [5, 5.41) is 7.99. The van der Waals surface area contributed by atoms with Gasteiger partial charge in [0.1, 0.15) is 11.6 Å². The van der Waals surface area contributed by atoms with Crippen molar-refractivity contribution < 1.29 is 13.5 Å². The van der Waals surface area contributed by atoms with Crippen molar-refractivity contribution in [3.63, 3.8) is 0 Å². The summed E-state index contributed by atoms with van der Waals surface area (Å²) >= 11 is 0. The Morgan fingerprint density at radius 3 is 2.56 bits per heavy atom. The molecule has 1 unspecified atom stereocenters. The van der Waals surface area contributed by atoms with Crippen molar-refractivity contribution in [1.29, 1.82) is 0 Å². The molecule has 1 spiro atoms. The van der Waals surface area contributed by atoms with Gasteiger partial charge in [-0.1, -0.05) is 6.07 Å². The van der Waals surface area contributed by atoms with E-state index in [4.69, 9.17) is 15.5 Å². The molecule has 1 saturated carbocycles. The fraction of sp³-hybridized carbons (Fsp3) is 0.433. The van der Waals surface area contributed by atoms with E-state index >= 15 is 0 Å². The van der Waals surface area contributed by atoms with E-state index in [0.29, 0.717) is 48.8 Å². The number of aromatic nitrogens is 6. The predicted molar refractivity (Wildman–Crippen MR) is 159 cm³/mol. The number of likely N-dealkylation sites (tertiary alicyclic amines) is 1. The number of ether oxygens (including phenoxy) is 1. The van der Waals surface area contributed by atoms with Crippen molar-refractivity contribution >= 4 is 23.4 Å². The molecule has 0 radical (unpaired) electrons. The van der Waals surface area contributed by atoms with E-state index in [1.54, 1.807) is 17.1 Å². The summed E-state index contributed by atoms with van der Waals surface area (Å²) in [5.74, 6) is 0.668. The molecular weight excluding hydrogens is 554 g/mol. The van der Waals surface area contributed by atoms with E-state index < -0.39 is 5.92 Å². The number of nitrogen functional groups attached to an aromatic ring is 1. The smallest absolute Gasteiger partial charge is 0.249 e. The molecule has 1 aromatic carbocycles. The third-order valence-corrected chi connectivity index (χ3v) is 8.57. The van der Waals surface area contributed by atoms with Gasteiger partial charge in [0.15, 0.2) is 5.82 Å². The first-order valence-electron chi connectivity index (χ1n) is 14.5. The minimum Gasteiger partial charge on any atom is -0.491 e. The number of hydrogen-bond donors (Lipinski definition) is 2. The van der Waals surface area contributed by atoms with Crippen LogP contribution < -0.4 is 20.7 Å². The monoisotopic (exact) mass is 588 g/mol. The molecular formula is C30H34F2N10O. The van der Waals surface area contributed by atoms with Gasteiger partial charge in [-0.15, -0.1) is 5.10 Å². The molecule has 3 aromatic heterocycles. The van der Waals surface area contributed by atoms with E-state index in [9.17, 15) is 8.78 Å². The van der Waals surface area contributed by atoms with Gasteiger partial charge in [0.05, 0.1) is 18.0 Å². The summed E-state index contributed by atoms with van der Waals surface area (Å²) in [5.41, 5.74) is 8.66. The standard InChI is InChI=1S/C30H34F2N10O/c1-40-10-8-19(13-40)14-43-24-11-20(22-7-9-34-27(33)36-22)3-5-23(24)37-28-38-26(39-41(28)2)21-4-6-25(35-12-21)42-17-29(18-42)15-30(31,32)16-29/h3-7,9,11-12,19H,8,10,13-18H2,1-2H3,(H2,33,34,36)(H,37,38,39). The first kappa shape index (κ1) is 27.4. The van der Waals surface area contributed by atoms with Crippen molar-refractivity contribution in [1.82, 2.24) is 34.6 Å². The number of nitrogens with zero attached hydrogens (tertiary/aromatic N) is 8. The number of alkyl halides is 2. The number of pyridine rings is 1. The SMILES string of the molecule is CN1CCC(COc2cc(-c3ccnc(N)n3)ccc2Nc2nc(-c3ccc(N4CC5(C4)CC(F)(F)C5)nc3)nn2C)C1. The zero-order valence-corrected chi connectivity index (χ0v) is 24.2. The molecule has 4 aromatic rings. The van der Waals surface area contributed by atoms with Crippen LogP contribution in [-0.2, 0) is 7.05 Å². The van der Waals surface area contributed by atoms with Gasteiger partial charge in [0.2, 0.25) is 17.8 Å². The molecule has 1 aliphatic carbocycles. The largest absolute Gasteiger partial charge is 0.491 e. The Hall–Kier alpha value is -4.39. The van der Waals surface area contributed by atoms with Gasteiger partial charge in [-0.2, -0.15) is 4.98 Å². The zero-order chi connectivity index (χ0) is 29.8. The number of aryl methyl sites for hydroxylation is 1. The quantitative estimate of drug-likeness (QED) is 0.309. The third-order valence-electron chi connectivity index (χ3n) is 8.57. The molecule has 2 aliphatic heterocycles. The Kier molecular flexibility index (Phi) is 6.64. The van der Waals surface area contributed by atoms with Crippen molar-refractivity contribution in [3.8, 4) is 28.4 Å². The van der Waals surface area contributed by atoms with E-state index in [1.807, 2.05) is 48.3 Å². The average Bonchev–Trinajstić information content (AvgIpc) is 3.54. The number of hydrogen-bond acceptors (Lipinski definition) is 10. The van der Waals surface area contributed by atoms with Gasteiger partial charge in [-0.05, 0) is 50.3 Å². The minimum atomic E-state index is -2.51. The molecule has 43 heavy (non-hydrogen) atoms. The van der Waals surface area contributed by atoms with Gasteiger partial charge in [-0.25, -0.2) is 28.4 Å². The molecule has 5 heterocycles. The van der Waals surface area contributed by atoms with E-state index in [0.717, 1.165) is 42.1 Å². The molecule has 224 valence electrons. The molecule has 0 bridgehead atoms. The van der Waals surface area contributed by atoms with Crippen LogP contribution in [0.1, 0.15) is 19.3 Å². The van der Waals surface area contributed by atoms with Crippen molar-refractivity contribution in [2.45, 2.75) is 25.2 Å². The molecule has 11 nitrogen and oxygen atoms in total. The second-order valence-corrected chi connectivity index (χ2v) is 12.2. The normalized spacial score (nSPS) is 20.6. The number of anilines is 4. The van der Waals surface area contributed by atoms with Crippen LogP contribution in [0.15, 0.2) is 48.8 Å². The van der Waals surface area contributed by atoms with Crippen molar-refractivity contribution in [2.75, 3.05) is 55.8 Å². The Labute approximate surface area is 248 Å². The molecule has 3 aliphatic rings. The minimum absolute atomic E-state index is 0.0229. The third kappa shape index (κ3) is 5.56. The zero-order valence-electron chi connectivity index (χ0n) is 24.2. The predicted octanol–water partition coefficient (Wildman–Crippen LogP) is 4.23. The molecule has 1 atom stereocenters. The van der Waals surface area contributed by atoms with Crippen LogP contribution in [0.25, 0.3) is 22.6 Å². The maximum Gasteiger partial charge on any atom is 0.249 e. The highest BCUT2D eigenvalue weighted by atomic mass is 19.3. The lowest BCUT2D eigenvalue weighted by Crippen LogP contribution is -2.66. The van der Waals surface area contributed by atoms with E-state index in [-0.39, 0.29) is 24.2 Å². The molecule has 0 amide bonds. The topological polar surface area (TPSA) is 123 Å². The van der Waals surface area contributed by atoms with Gasteiger partial charge in [0, 0.05) is 74.4 Å². The summed E-state index contributed by atoms with van der Waals surface area (Å²) in [6, 6.07) is 11.5. The second kappa shape index (κ2) is 10.4. The Bertz CT molecular complexity index is 1630. The number of benzene rings is 1.